The lowest BCUT2D eigenvalue weighted by Gasteiger charge is -2.14. The molecule has 3 heteroatoms. The molecular weight excluding hydrogens is 174 g/mol. The van der Waals surface area contributed by atoms with Gasteiger partial charge >= 0.3 is 0 Å². The first-order valence-electron chi connectivity index (χ1n) is 5.41. The molecule has 1 saturated carbocycles. The summed E-state index contributed by atoms with van der Waals surface area (Å²) >= 11 is 0. The first-order valence-corrected chi connectivity index (χ1v) is 5.41. The van der Waals surface area contributed by atoms with E-state index in [2.05, 4.69) is 23.6 Å². The van der Waals surface area contributed by atoms with Gasteiger partial charge in [-0.05, 0) is 39.5 Å². The van der Waals surface area contributed by atoms with Gasteiger partial charge in [0.1, 0.15) is 0 Å². The Bertz CT molecular complexity index is 323. The van der Waals surface area contributed by atoms with Crippen molar-refractivity contribution in [2.75, 3.05) is 0 Å². The van der Waals surface area contributed by atoms with E-state index in [9.17, 15) is 0 Å². The third-order valence-electron chi connectivity index (χ3n) is 3.26. The molecule has 1 fully saturated rings. The summed E-state index contributed by atoms with van der Waals surface area (Å²) in [6.45, 7) is 6.38. The van der Waals surface area contributed by atoms with Crippen molar-refractivity contribution in [3.63, 3.8) is 0 Å². The smallest absolute Gasteiger partial charge is 0.0540 e. The van der Waals surface area contributed by atoms with Gasteiger partial charge in [-0.15, -0.1) is 0 Å². The Morgan fingerprint density at radius 3 is 2.57 bits per heavy atom. The predicted octanol–water partition coefficient (Wildman–Crippen LogP) is 2.18. The zero-order valence-corrected chi connectivity index (χ0v) is 9.20. The lowest BCUT2D eigenvalue weighted by Crippen LogP contribution is -2.12. The van der Waals surface area contributed by atoms with E-state index in [1.165, 1.54) is 24.1 Å². The predicted molar refractivity (Wildman–Crippen MR) is 57.0 cm³/mol. The SMILES string of the molecule is Cc1c(C(C)N)cnn1C(C)C1CC1. The number of aromatic nitrogens is 2. The van der Waals surface area contributed by atoms with Crippen LogP contribution in [-0.4, -0.2) is 9.78 Å². The van der Waals surface area contributed by atoms with E-state index in [0.717, 1.165) is 5.92 Å². The van der Waals surface area contributed by atoms with Crippen molar-refractivity contribution in [1.29, 1.82) is 0 Å². The van der Waals surface area contributed by atoms with Gasteiger partial charge in [0.05, 0.1) is 12.2 Å². The van der Waals surface area contributed by atoms with Gasteiger partial charge in [-0.1, -0.05) is 0 Å². The van der Waals surface area contributed by atoms with E-state index in [4.69, 9.17) is 5.73 Å². The molecule has 1 aromatic heterocycles. The van der Waals surface area contributed by atoms with Crippen molar-refractivity contribution in [1.82, 2.24) is 9.78 Å². The molecule has 2 N–H and O–H groups in total. The average molecular weight is 193 g/mol. The Morgan fingerprint density at radius 1 is 1.50 bits per heavy atom. The Morgan fingerprint density at radius 2 is 2.14 bits per heavy atom. The first-order chi connectivity index (χ1) is 6.61. The molecule has 2 atom stereocenters. The minimum absolute atomic E-state index is 0.0927. The second-order valence-corrected chi connectivity index (χ2v) is 4.50. The molecule has 14 heavy (non-hydrogen) atoms. The fourth-order valence-corrected chi connectivity index (χ4v) is 2.07. The van der Waals surface area contributed by atoms with Gasteiger partial charge in [-0.25, -0.2) is 0 Å². The number of nitrogens with zero attached hydrogens (tertiary/aromatic N) is 2. The molecule has 1 heterocycles. The zero-order valence-electron chi connectivity index (χ0n) is 9.20. The van der Waals surface area contributed by atoms with Crippen molar-refractivity contribution < 1.29 is 0 Å². The minimum Gasteiger partial charge on any atom is -0.324 e. The highest BCUT2D eigenvalue weighted by molar-refractivity contribution is 5.20. The van der Waals surface area contributed by atoms with Gasteiger partial charge in [0.2, 0.25) is 0 Å². The number of hydrogen-bond acceptors (Lipinski definition) is 2. The van der Waals surface area contributed by atoms with Crippen LogP contribution in [-0.2, 0) is 0 Å². The molecule has 0 saturated heterocycles. The Kier molecular flexibility index (Phi) is 2.35. The van der Waals surface area contributed by atoms with Crippen LogP contribution in [0.3, 0.4) is 0 Å². The molecular formula is C11H19N3. The highest BCUT2D eigenvalue weighted by atomic mass is 15.3. The van der Waals surface area contributed by atoms with Crippen molar-refractivity contribution in [2.45, 2.75) is 45.7 Å². The molecule has 3 nitrogen and oxygen atoms in total. The van der Waals surface area contributed by atoms with Gasteiger partial charge in [0, 0.05) is 17.3 Å². The molecule has 2 unspecified atom stereocenters. The average Bonchev–Trinajstić information content (AvgIpc) is 2.88. The van der Waals surface area contributed by atoms with Crippen LogP contribution in [0.1, 0.15) is 50.0 Å². The summed E-state index contributed by atoms with van der Waals surface area (Å²) < 4.78 is 2.14. The van der Waals surface area contributed by atoms with Crippen molar-refractivity contribution in [3.05, 3.63) is 17.5 Å². The van der Waals surface area contributed by atoms with Gasteiger partial charge < -0.3 is 5.73 Å². The fraction of sp³-hybridized carbons (Fsp3) is 0.727. The van der Waals surface area contributed by atoms with Crippen LogP contribution in [0.15, 0.2) is 6.20 Å². The standard InChI is InChI=1S/C11H19N3/c1-7(12)11-6-13-14(9(11)3)8(2)10-4-5-10/h6-8,10H,4-5,12H2,1-3H3. The van der Waals surface area contributed by atoms with Gasteiger partial charge in [-0.3, -0.25) is 4.68 Å². The van der Waals surface area contributed by atoms with Crippen LogP contribution >= 0.6 is 0 Å². The summed E-state index contributed by atoms with van der Waals surface area (Å²) in [5.41, 5.74) is 8.28. The third kappa shape index (κ3) is 1.57. The van der Waals surface area contributed by atoms with Crippen molar-refractivity contribution in [3.8, 4) is 0 Å². The molecule has 2 rings (SSSR count). The van der Waals surface area contributed by atoms with E-state index < -0.39 is 0 Å². The van der Waals surface area contributed by atoms with Gasteiger partial charge in [0.15, 0.2) is 0 Å². The third-order valence-corrected chi connectivity index (χ3v) is 3.26. The van der Waals surface area contributed by atoms with E-state index in [-0.39, 0.29) is 6.04 Å². The van der Waals surface area contributed by atoms with Crippen molar-refractivity contribution >= 4 is 0 Å². The minimum atomic E-state index is 0.0927. The van der Waals surface area contributed by atoms with Crippen LogP contribution in [0.4, 0.5) is 0 Å². The number of hydrogen-bond donors (Lipinski definition) is 1. The van der Waals surface area contributed by atoms with Crippen molar-refractivity contribution in [2.24, 2.45) is 11.7 Å². The van der Waals surface area contributed by atoms with Crippen LogP contribution in [0.25, 0.3) is 0 Å². The summed E-state index contributed by atoms with van der Waals surface area (Å²) in [7, 11) is 0. The molecule has 1 aliphatic rings. The number of rotatable bonds is 3. The topological polar surface area (TPSA) is 43.8 Å². The molecule has 78 valence electrons. The highest BCUT2D eigenvalue weighted by Gasteiger charge is 2.30. The van der Waals surface area contributed by atoms with Crippen LogP contribution in [0.2, 0.25) is 0 Å². The second-order valence-electron chi connectivity index (χ2n) is 4.50. The lowest BCUT2D eigenvalue weighted by atomic mass is 10.1. The molecule has 0 amide bonds. The maximum Gasteiger partial charge on any atom is 0.0540 e. The summed E-state index contributed by atoms with van der Waals surface area (Å²) in [5, 5.41) is 4.43. The second kappa shape index (κ2) is 3.39. The van der Waals surface area contributed by atoms with Gasteiger partial charge in [-0.2, -0.15) is 5.10 Å². The lowest BCUT2D eigenvalue weighted by molar-refractivity contribution is 0.430. The Hall–Kier alpha value is -0.830. The molecule has 0 bridgehead atoms. The monoisotopic (exact) mass is 193 g/mol. The van der Waals surface area contributed by atoms with E-state index in [0.29, 0.717) is 6.04 Å². The molecule has 1 aliphatic carbocycles. The zero-order chi connectivity index (χ0) is 10.3. The highest BCUT2D eigenvalue weighted by Crippen LogP contribution is 2.39. The summed E-state index contributed by atoms with van der Waals surface area (Å²) in [6, 6.07) is 0.637. The van der Waals surface area contributed by atoms with Crippen LogP contribution in [0.5, 0.6) is 0 Å². The summed E-state index contributed by atoms with van der Waals surface area (Å²) in [5.74, 6) is 0.842. The Labute approximate surface area is 85.3 Å². The van der Waals surface area contributed by atoms with Crippen LogP contribution in [0, 0.1) is 12.8 Å². The molecule has 0 aromatic carbocycles. The normalized spacial score (nSPS) is 20.9. The molecule has 1 aromatic rings. The van der Waals surface area contributed by atoms with Crippen LogP contribution < -0.4 is 5.73 Å². The van der Waals surface area contributed by atoms with E-state index >= 15 is 0 Å². The maximum atomic E-state index is 5.87. The summed E-state index contributed by atoms with van der Waals surface area (Å²) in [6.07, 6.45) is 4.63. The number of nitrogens with two attached hydrogens (primary N) is 1. The molecule has 0 radical (unpaired) electrons. The molecule has 0 aliphatic heterocycles. The fourth-order valence-electron chi connectivity index (χ4n) is 2.07. The van der Waals surface area contributed by atoms with Gasteiger partial charge in [0.25, 0.3) is 0 Å². The van der Waals surface area contributed by atoms with E-state index in [1.807, 2.05) is 13.1 Å². The molecule has 0 spiro atoms. The Balaban J connectivity index is 2.25. The maximum absolute atomic E-state index is 5.87. The quantitative estimate of drug-likeness (QED) is 0.799. The van der Waals surface area contributed by atoms with E-state index in [1.54, 1.807) is 0 Å². The largest absolute Gasteiger partial charge is 0.324 e. The first kappa shape index (κ1) is 9.71. The summed E-state index contributed by atoms with van der Waals surface area (Å²) in [4.78, 5) is 0.